The minimum Gasteiger partial charge on any atom is -0.481 e. The number of hydrogen-bond donors (Lipinski definition) is 2. The third-order valence-corrected chi connectivity index (χ3v) is 2.45. The summed E-state index contributed by atoms with van der Waals surface area (Å²) in [5, 5.41) is 8.81. The van der Waals surface area contributed by atoms with Gasteiger partial charge in [-0.05, 0) is 6.07 Å². The van der Waals surface area contributed by atoms with Gasteiger partial charge in [-0.3, -0.25) is 14.3 Å². The van der Waals surface area contributed by atoms with Crippen LogP contribution < -0.4 is 5.69 Å². The van der Waals surface area contributed by atoms with E-state index in [1.165, 1.54) is 4.57 Å². The van der Waals surface area contributed by atoms with Crippen LogP contribution in [0.25, 0.3) is 11.0 Å². The Hall–Kier alpha value is -2.11. The van der Waals surface area contributed by atoms with Crippen LogP contribution in [0.5, 0.6) is 0 Å². The lowest BCUT2D eigenvalue weighted by Gasteiger charge is -2.06. The fourth-order valence-electron chi connectivity index (χ4n) is 1.54. The summed E-state index contributed by atoms with van der Waals surface area (Å²) in [5.41, 5.74) is 0.981. The van der Waals surface area contributed by atoms with E-state index in [4.69, 9.17) is 5.11 Å². The van der Waals surface area contributed by atoms with Crippen molar-refractivity contribution in [3.05, 3.63) is 28.9 Å². The number of aromatic amines is 1. The molecule has 0 radical (unpaired) electrons. The van der Waals surface area contributed by atoms with Gasteiger partial charge in [-0.25, -0.2) is 4.79 Å². The molecular weight excluding hydrogens is 210 g/mol. The van der Waals surface area contributed by atoms with Crippen LogP contribution in [0, 0.1) is 5.92 Å². The van der Waals surface area contributed by atoms with E-state index in [9.17, 15) is 9.59 Å². The number of nitrogens with one attached hydrogen (secondary N) is 1. The number of nitrogens with zero attached hydrogens (tertiary/aromatic N) is 2. The van der Waals surface area contributed by atoms with E-state index >= 15 is 0 Å². The Balaban J connectivity index is 2.48. The molecule has 2 heterocycles. The fraction of sp³-hybridized carbons (Fsp3) is 0.300. The summed E-state index contributed by atoms with van der Waals surface area (Å²) >= 11 is 0. The SMILES string of the molecule is CC(Cn1c(=O)[nH]c2cnccc21)C(=O)O. The van der Waals surface area contributed by atoms with Crippen LogP contribution >= 0.6 is 0 Å². The van der Waals surface area contributed by atoms with Gasteiger partial charge < -0.3 is 10.1 Å². The lowest BCUT2D eigenvalue weighted by molar-refractivity contribution is -0.141. The maximum Gasteiger partial charge on any atom is 0.326 e. The van der Waals surface area contributed by atoms with Crippen LogP contribution in [0.1, 0.15) is 6.92 Å². The van der Waals surface area contributed by atoms with E-state index in [1.807, 2.05) is 0 Å². The number of imidazole rings is 1. The Morgan fingerprint density at radius 3 is 3.12 bits per heavy atom. The van der Waals surface area contributed by atoms with Crippen LogP contribution in [0.15, 0.2) is 23.3 Å². The van der Waals surface area contributed by atoms with Crippen LogP contribution in [-0.4, -0.2) is 25.6 Å². The number of hydrogen-bond acceptors (Lipinski definition) is 3. The number of H-pyrrole nitrogens is 1. The van der Waals surface area contributed by atoms with Gasteiger partial charge in [0, 0.05) is 12.7 Å². The average molecular weight is 221 g/mol. The summed E-state index contributed by atoms with van der Waals surface area (Å²) in [6.07, 6.45) is 3.11. The minimum absolute atomic E-state index is 0.151. The topological polar surface area (TPSA) is 88.0 Å². The van der Waals surface area contributed by atoms with Gasteiger partial charge in [0.05, 0.1) is 23.1 Å². The second kappa shape index (κ2) is 3.80. The van der Waals surface area contributed by atoms with Crippen molar-refractivity contribution < 1.29 is 9.90 Å². The van der Waals surface area contributed by atoms with Gasteiger partial charge in [0.2, 0.25) is 0 Å². The van der Waals surface area contributed by atoms with E-state index < -0.39 is 11.9 Å². The highest BCUT2D eigenvalue weighted by molar-refractivity contribution is 5.74. The van der Waals surface area contributed by atoms with Crippen molar-refractivity contribution in [2.24, 2.45) is 5.92 Å². The molecule has 6 nitrogen and oxygen atoms in total. The molecule has 16 heavy (non-hydrogen) atoms. The number of aromatic nitrogens is 3. The van der Waals surface area contributed by atoms with Crippen molar-refractivity contribution in [1.82, 2.24) is 14.5 Å². The molecule has 0 aliphatic rings. The van der Waals surface area contributed by atoms with Gasteiger partial charge in [-0.2, -0.15) is 0 Å². The summed E-state index contributed by atoms with van der Waals surface area (Å²) in [4.78, 5) is 28.8. The largest absolute Gasteiger partial charge is 0.481 e. The highest BCUT2D eigenvalue weighted by Crippen LogP contribution is 2.09. The molecule has 0 aliphatic heterocycles. The van der Waals surface area contributed by atoms with E-state index in [0.29, 0.717) is 11.0 Å². The van der Waals surface area contributed by atoms with Gasteiger partial charge in [0.15, 0.2) is 0 Å². The van der Waals surface area contributed by atoms with E-state index in [1.54, 1.807) is 25.4 Å². The van der Waals surface area contributed by atoms with Crippen molar-refractivity contribution in [3.8, 4) is 0 Å². The second-order valence-corrected chi connectivity index (χ2v) is 3.67. The molecule has 2 aromatic heterocycles. The molecule has 0 fully saturated rings. The third kappa shape index (κ3) is 1.69. The van der Waals surface area contributed by atoms with Gasteiger partial charge in [0.25, 0.3) is 0 Å². The van der Waals surface area contributed by atoms with Gasteiger partial charge >= 0.3 is 11.7 Å². The number of carbonyl (C=O) groups is 1. The number of carboxylic acids is 1. The molecule has 0 amide bonds. The van der Waals surface area contributed by atoms with E-state index in [0.717, 1.165) is 0 Å². The zero-order chi connectivity index (χ0) is 11.7. The first-order valence-corrected chi connectivity index (χ1v) is 4.85. The average Bonchev–Trinajstić information content (AvgIpc) is 2.55. The summed E-state index contributed by atoms with van der Waals surface area (Å²) in [7, 11) is 0. The molecule has 0 aromatic carbocycles. The van der Waals surface area contributed by atoms with Crippen LogP contribution in [0.2, 0.25) is 0 Å². The van der Waals surface area contributed by atoms with Crippen LogP contribution in [0.4, 0.5) is 0 Å². The monoisotopic (exact) mass is 221 g/mol. The predicted octanol–water partition coefficient (Wildman–Crippen LogP) is 0.445. The summed E-state index contributed by atoms with van der Waals surface area (Å²) < 4.78 is 1.41. The molecule has 1 atom stereocenters. The number of fused-ring (bicyclic) bond motifs is 1. The predicted molar refractivity (Wildman–Crippen MR) is 57.2 cm³/mol. The summed E-state index contributed by atoms with van der Waals surface area (Å²) in [6.45, 7) is 1.72. The number of aliphatic carboxylic acids is 1. The highest BCUT2D eigenvalue weighted by Gasteiger charge is 2.15. The zero-order valence-electron chi connectivity index (χ0n) is 8.67. The fourth-order valence-corrected chi connectivity index (χ4v) is 1.54. The van der Waals surface area contributed by atoms with E-state index in [-0.39, 0.29) is 12.2 Å². The molecule has 0 spiro atoms. The molecule has 2 rings (SSSR count). The summed E-state index contributed by atoms with van der Waals surface area (Å²) in [6, 6.07) is 1.68. The Kier molecular flexibility index (Phi) is 2.47. The zero-order valence-corrected chi connectivity index (χ0v) is 8.67. The number of rotatable bonds is 3. The van der Waals surface area contributed by atoms with Crippen molar-refractivity contribution in [2.45, 2.75) is 13.5 Å². The Labute approximate surface area is 90.5 Å². The number of carboxylic acid groups (broad SMARTS) is 1. The first-order valence-electron chi connectivity index (χ1n) is 4.85. The second-order valence-electron chi connectivity index (χ2n) is 3.67. The molecule has 0 saturated carbocycles. The molecule has 84 valence electrons. The van der Waals surface area contributed by atoms with Crippen molar-refractivity contribution >= 4 is 17.0 Å². The van der Waals surface area contributed by atoms with Gasteiger partial charge in [-0.15, -0.1) is 0 Å². The maximum absolute atomic E-state index is 11.6. The molecular formula is C10H11N3O3. The maximum atomic E-state index is 11.6. The molecule has 2 aromatic rings. The molecule has 1 unspecified atom stereocenters. The molecule has 6 heteroatoms. The van der Waals surface area contributed by atoms with Crippen LogP contribution in [-0.2, 0) is 11.3 Å². The lowest BCUT2D eigenvalue weighted by Crippen LogP contribution is -2.24. The van der Waals surface area contributed by atoms with Crippen molar-refractivity contribution in [1.29, 1.82) is 0 Å². The van der Waals surface area contributed by atoms with Gasteiger partial charge in [-0.1, -0.05) is 6.92 Å². The first-order chi connectivity index (χ1) is 7.59. The summed E-state index contributed by atoms with van der Waals surface area (Å²) in [5.74, 6) is -1.53. The van der Waals surface area contributed by atoms with E-state index in [2.05, 4.69) is 9.97 Å². The minimum atomic E-state index is -0.921. The quantitative estimate of drug-likeness (QED) is 0.787. The highest BCUT2D eigenvalue weighted by atomic mass is 16.4. The Morgan fingerprint density at radius 2 is 2.44 bits per heavy atom. The molecule has 0 saturated heterocycles. The molecule has 2 N–H and O–H groups in total. The number of pyridine rings is 1. The van der Waals surface area contributed by atoms with Crippen molar-refractivity contribution in [3.63, 3.8) is 0 Å². The smallest absolute Gasteiger partial charge is 0.326 e. The first kappa shape index (κ1) is 10.4. The third-order valence-electron chi connectivity index (χ3n) is 2.45. The van der Waals surface area contributed by atoms with Gasteiger partial charge in [0.1, 0.15) is 0 Å². The molecule has 0 bridgehead atoms. The van der Waals surface area contributed by atoms with Crippen molar-refractivity contribution in [2.75, 3.05) is 0 Å². The Morgan fingerprint density at radius 1 is 1.69 bits per heavy atom. The standard InChI is InChI=1S/C10H11N3O3/c1-6(9(14)15)5-13-8-2-3-11-4-7(8)12-10(13)16/h2-4,6H,5H2,1H3,(H,12,16)(H,14,15). The van der Waals surface area contributed by atoms with Crippen LogP contribution in [0.3, 0.4) is 0 Å². The lowest BCUT2D eigenvalue weighted by atomic mass is 10.2. The normalized spacial score (nSPS) is 12.8. The molecule has 0 aliphatic carbocycles. The Bertz CT molecular complexity index is 584.